The van der Waals surface area contributed by atoms with Gasteiger partial charge in [0.25, 0.3) is 0 Å². The summed E-state index contributed by atoms with van der Waals surface area (Å²) in [6.07, 6.45) is 5.94. The highest BCUT2D eigenvalue weighted by Crippen LogP contribution is 2.45. The maximum Gasteiger partial charge on any atom is 0.156 e. The zero-order valence-corrected chi connectivity index (χ0v) is 11.7. The highest BCUT2D eigenvalue weighted by Gasteiger charge is 2.51. The minimum Gasteiger partial charge on any atom is -0.383 e. The van der Waals surface area contributed by atoms with Gasteiger partial charge in [0.2, 0.25) is 0 Å². The maximum absolute atomic E-state index is 12.2. The third kappa shape index (κ3) is 2.07. The molecule has 2 saturated heterocycles. The third-order valence-corrected chi connectivity index (χ3v) is 7.01. The van der Waals surface area contributed by atoms with Gasteiger partial charge >= 0.3 is 0 Å². The first kappa shape index (κ1) is 13.0. The molecule has 1 N–H and O–H groups in total. The Morgan fingerprint density at radius 1 is 1.26 bits per heavy atom. The van der Waals surface area contributed by atoms with Gasteiger partial charge in [0.1, 0.15) is 5.60 Å². The molecule has 2 unspecified atom stereocenters. The van der Waals surface area contributed by atoms with Gasteiger partial charge in [0.15, 0.2) is 9.84 Å². The first-order valence-electron chi connectivity index (χ1n) is 6.66. The van der Waals surface area contributed by atoms with E-state index in [4.69, 9.17) is 0 Å². The molecule has 2 atom stereocenters. The topological polar surface area (TPSA) is 80.2 Å². The van der Waals surface area contributed by atoms with Crippen molar-refractivity contribution in [3.8, 4) is 0 Å². The molecule has 2 bridgehead atoms. The van der Waals surface area contributed by atoms with Crippen LogP contribution in [0.3, 0.4) is 0 Å². The first-order valence-corrected chi connectivity index (χ1v) is 8.27. The van der Waals surface area contributed by atoms with Crippen molar-refractivity contribution < 1.29 is 13.5 Å². The van der Waals surface area contributed by atoms with Crippen LogP contribution in [0.15, 0.2) is 12.4 Å². The van der Waals surface area contributed by atoms with Crippen LogP contribution in [-0.4, -0.2) is 34.0 Å². The molecule has 2 aliphatic rings. The molecule has 0 saturated carbocycles. The molecule has 104 valence electrons. The summed E-state index contributed by atoms with van der Waals surface area (Å²) in [5.41, 5.74) is 0.115. The smallest absolute Gasteiger partial charge is 0.156 e. The Kier molecular flexibility index (Phi) is 2.90. The standard InChI is InChI=1S/C13H18N2O3S/c1-9-7-14-8-12(15-9)13(16)5-10-3-2-4-11(6-13)19(10,17)18/h7-8,10-11,16H,2-6H2,1H3. The molecule has 3 heterocycles. The Balaban J connectivity index is 1.99. The van der Waals surface area contributed by atoms with Crippen LogP contribution in [0, 0.1) is 6.92 Å². The van der Waals surface area contributed by atoms with Crippen molar-refractivity contribution in [1.29, 1.82) is 0 Å². The molecule has 0 amide bonds. The van der Waals surface area contributed by atoms with Gasteiger partial charge in [-0.2, -0.15) is 0 Å². The van der Waals surface area contributed by atoms with E-state index in [9.17, 15) is 13.5 Å². The maximum atomic E-state index is 12.2. The highest BCUT2D eigenvalue weighted by molar-refractivity contribution is 7.92. The second kappa shape index (κ2) is 4.24. The molecule has 2 fully saturated rings. The molecular weight excluding hydrogens is 264 g/mol. The van der Waals surface area contributed by atoms with Crippen LogP contribution in [0.5, 0.6) is 0 Å². The fourth-order valence-electron chi connectivity index (χ4n) is 3.34. The number of hydrogen-bond donors (Lipinski definition) is 1. The molecular formula is C13H18N2O3S. The van der Waals surface area contributed by atoms with Gasteiger partial charge < -0.3 is 5.11 Å². The van der Waals surface area contributed by atoms with E-state index in [0.717, 1.165) is 12.1 Å². The van der Waals surface area contributed by atoms with Crippen molar-refractivity contribution in [1.82, 2.24) is 9.97 Å². The van der Waals surface area contributed by atoms with E-state index in [1.54, 1.807) is 12.4 Å². The van der Waals surface area contributed by atoms with E-state index in [2.05, 4.69) is 9.97 Å². The van der Waals surface area contributed by atoms with Gasteiger partial charge in [0, 0.05) is 6.20 Å². The molecule has 5 nitrogen and oxygen atoms in total. The van der Waals surface area contributed by atoms with Gasteiger partial charge in [-0.05, 0) is 32.6 Å². The fraction of sp³-hybridized carbons (Fsp3) is 0.692. The molecule has 0 spiro atoms. The molecule has 1 aromatic rings. The number of nitrogens with zero attached hydrogens (tertiary/aromatic N) is 2. The van der Waals surface area contributed by atoms with Gasteiger partial charge in [-0.25, -0.2) is 8.42 Å². The van der Waals surface area contributed by atoms with Gasteiger partial charge in [-0.1, -0.05) is 6.42 Å². The van der Waals surface area contributed by atoms with Crippen molar-refractivity contribution in [2.45, 2.75) is 55.1 Å². The Bertz CT molecular complexity index is 580. The normalized spacial score (nSPS) is 36.9. The third-order valence-electron chi connectivity index (χ3n) is 4.34. The number of sulfone groups is 1. The predicted octanol–water partition coefficient (Wildman–Crippen LogP) is 1.10. The Labute approximate surface area is 113 Å². The second-order valence-corrected chi connectivity index (χ2v) is 8.26. The van der Waals surface area contributed by atoms with Crippen LogP contribution in [0.25, 0.3) is 0 Å². The minimum absolute atomic E-state index is 0.254. The van der Waals surface area contributed by atoms with Crippen LogP contribution < -0.4 is 0 Å². The summed E-state index contributed by atoms with van der Waals surface area (Å²) >= 11 is 0. The molecule has 2 aliphatic heterocycles. The summed E-state index contributed by atoms with van der Waals surface area (Å²) < 4.78 is 24.5. The van der Waals surface area contributed by atoms with Gasteiger partial charge in [0.05, 0.1) is 28.1 Å². The quantitative estimate of drug-likeness (QED) is 0.834. The number of aryl methyl sites for hydroxylation is 1. The second-order valence-electron chi connectivity index (χ2n) is 5.75. The zero-order valence-electron chi connectivity index (χ0n) is 10.9. The van der Waals surface area contributed by atoms with Crippen molar-refractivity contribution in [3.05, 3.63) is 23.8 Å². The summed E-state index contributed by atoms with van der Waals surface area (Å²) in [6.45, 7) is 1.82. The summed E-state index contributed by atoms with van der Waals surface area (Å²) in [5.74, 6) is 0. The predicted molar refractivity (Wildman–Crippen MR) is 70.2 cm³/mol. The molecule has 1 aromatic heterocycles. The van der Waals surface area contributed by atoms with Crippen LogP contribution in [0.2, 0.25) is 0 Å². The van der Waals surface area contributed by atoms with Crippen molar-refractivity contribution in [2.24, 2.45) is 0 Å². The monoisotopic (exact) mass is 282 g/mol. The Hall–Kier alpha value is -1.01. The summed E-state index contributed by atoms with van der Waals surface area (Å²) in [6, 6.07) is 0. The van der Waals surface area contributed by atoms with E-state index >= 15 is 0 Å². The molecule has 19 heavy (non-hydrogen) atoms. The fourth-order valence-corrected chi connectivity index (χ4v) is 5.89. The lowest BCUT2D eigenvalue weighted by molar-refractivity contribution is 0.000516. The van der Waals surface area contributed by atoms with Crippen LogP contribution in [0.1, 0.15) is 43.5 Å². The Morgan fingerprint density at radius 2 is 1.89 bits per heavy atom. The number of hydrogen-bond acceptors (Lipinski definition) is 5. The van der Waals surface area contributed by atoms with E-state index in [-0.39, 0.29) is 12.8 Å². The average molecular weight is 282 g/mol. The van der Waals surface area contributed by atoms with Gasteiger partial charge in [-0.3, -0.25) is 9.97 Å². The molecule has 0 aromatic carbocycles. The minimum atomic E-state index is -3.06. The Morgan fingerprint density at radius 3 is 2.47 bits per heavy atom. The largest absolute Gasteiger partial charge is 0.383 e. The van der Waals surface area contributed by atoms with Crippen LogP contribution in [0.4, 0.5) is 0 Å². The van der Waals surface area contributed by atoms with Crippen molar-refractivity contribution >= 4 is 9.84 Å². The lowest BCUT2D eigenvalue weighted by Gasteiger charge is -2.43. The lowest BCUT2D eigenvalue weighted by Crippen LogP contribution is -2.50. The number of aliphatic hydroxyl groups is 1. The first-order chi connectivity index (χ1) is 8.92. The van der Waals surface area contributed by atoms with Crippen molar-refractivity contribution in [2.75, 3.05) is 0 Å². The highest BCUT2D eigenvalue weighted by atomic mass is 32.2. The molecule has 0 aliphatic carbocycles. The number of aromatic nitrogens is 2. The van der Waals surface area contributed by atoms with Gasteiger partial charge in [-0.15, -0.1) is 0 Å². The van der Waals surface area contributed by atoms with Crippen LogP contribution in [-0.2, 0) is 15.4 Å². The summed E-state index contributed by atoms with van der Waals surface area (Å²) in [4.78, 5) is 8.40. The van der Waals surface area contributed by atoms with E-state index in [1.165, 1.54) is 0 Å². The number of fused-ring (bicyclic) bond motifs is 2. The molecule has 0 radical (unpaired) electrons. The molecule has 3 rings (SSSR count). The molecule has 6 heteroatoms. The average Bonchev–Trinajstić information content (AvgIpc) is 2.31. The van der Waals surface area contributed by atoms with E-state index in [1.807, 2.05) is 6.92 Å². The lowest BCUT2D eigenvalue weighted by atomic mass is 9.83. The van der Waals surface area contributed by atoms with E-state index in [0.29, 0.717) is 18.5 Å². The van der Waals surface area contributed by atoms with Crippen molar-refractivity contribution in [3.63, 3.8) is 0 Å². The SMILES string of the molecule is Cc1cncc(C2(O)CC3CCCC(C2)S3(=O)=O)n1. The summed E-state index contributed by atoms with van der Waals surface area (Å²) in [5, 5.41) is 9.99. The summed E-state index contributed by atoms with van der Waals surface area (Å²) in [7, 11) is -3.06. The number of rotatable bonds is 1. The van der Waals surface area contributed by atoms with Crippen LogP contribution >= 0.6 is 0 Å². The zero-order chi connectivity index (χ0) is 13.7. The van der Waals surface area contributed by atoms with E-state index < -0.39 is 25.9 Å².